The smallest absolute Gasteiger partial charge is 0.104 e. The van der Waals surface area contributed by atoms with E-state index >= 15 is 0 Å². The van der Waals surface area contributed by atoms with Crippen LogP contribution in [0.3, 0.4) is 0 Å². The van der Waals surface area contributed by atoms with Crippen LogP contribution >= 0.6 is 0 Å². The minimum atomic E-state index is 0. The van der Waals surface area contributed by atoms with Crippen molar-refractivity contribution in [3.05, 3.63) is 35.9 Å². The lowest BCUT2D eigenvalue weighted by atomic mass is 10.1. The van der Waals surface area contributed by atoms with E-state index in [9.17, 15) is 0 Å². The normalized spacial score (nSPS) is 10.4. The Bertz CT molecular complexity index is 371. The minimum absolute atomic E-state index is 0. The molecule has 0 radical (unpaired) electrons. The van der Waals surface area contributed by atoms with E-state index in [0.717, 1.165) is 11.0 Å². The predicted molar refractivity (Wildman–Crippen MR) is 106 cm³/mol. The maximum atomic E-state index is 2.36. The Labute approximate surface area is 162 Å². The van der Waals surface area contributed by atoms with Gasteiger partial charge in [-0.05, 0) is 12.8 Å². The third-order valence-electron chi connectivity index (χ3n) is 4.57. The second kappa shape index (κ2) is 18.2. The van der Waals surface area contributed by atoms with E-state index in [1.165, 1.54) is 76.3 Å². The molecule has 0 heterocycles. The molecule has 4 heteroatoms. The fraction of sp³-hybridized carbons (Fsp3) is 0.714. The SMILES string of the molecule is CCCCCCCCCCCC[N+](C)(C)Cc1ccccc1.O.O.[Cl-]. The van der Waals surface area contributed by atoms with E-state index < -0.39 is 0 Å². The van der Waals surface area contributed by atoms with Crippen molar-refractivity contribution in [2.75, 3.05) is 20.6 Å². The van der Waals surface area contributed by atoms with Gasteiger partial charge in [-0.25, -0.2) is 0 Å². The van der Waals surface area contributed by atoms with E-state index in [0.29, 0.717) is 0 Å². The van der Waals surface area contributed by atoms with Crippen LogP contribution in [0.2, 0.25) is 0 Å². The van der Waals surface area contributed by atoms with Crippen LogP contribution in [-0.4, -0.2) is 36.1 Å². The highest BCUT2D eigenvalue weighted by Crippen LogP contribution is 2.13. The van der Waals surface area contributed by atoms with Gasteiger partial charge in [0.1, 0.15) is 6.54 Å². The van der Waals surface area contributed by atoms with Gasteiger partial charge in [-0.1, -0.05) is 88.6 Å². The molecule has 0 atom stereocenters. The minimum Gasteiger partial charge on any atom is -1.00 e. The van der Waals surface area contributed by atoms with Crippen molar-refractivity contribution >= 4 is 0 Å². The average molecular weight is 376 g/mol. The predicted octanol–water partition coefficient (Wildman–Crippen LogP) is 1.54. The first-order valence-electron chi connectivity index (χ1n) is 9.50. The summed E-state index contributed by atoms with van der Waals surface area (Å²) >= 11 is 0. The number of hydrogen-bond donors (Lipinski definition) is 0. The quantitative estimate of drug-likeness (QED) is 0.371. The van der Waals surface area contributed by atoms with Crippen LogP contribution in [0.25, 0.3) is 0 Å². The highest BCUT2D eigenvalue weighted by atomic mass is 35.5. The summed E-state index contributed by atoms with van der Waals surface area (Å²) < 4.78 is 1.11. The number of benzene rings is 1. The van der Waals surface area contributed by atoms with Crippen LogP contribution in [0.5, 0.6) is 0 Å². The van der Waals surface area contributed by atoms with Crippen LogP contribution in [0.4, 0.5) is 0 Å². The summed E-state index contributed by atoms with van der Waals surface area (Å²) in [6.07, 6.45) is 14.2. The zero-order chi connectivity index (χ0) is 16.1. The monoisotopic (exact) mass is 375 g/mol. The molecule has 0 saturated carbocycles. The number of hydrogen-bond acceptors (Lipinski definition) is 0. The van der Waals surface area contributed by atoms with Gasteiger partial charge in [0.2, 0.25) is 0 Å². The highest BCUT2D eigenvalue weighted by molar-refractivity contribution is 5.13. The van der Waals surface area contributed by atoms with Crippen LogP contribution in [0.1, 0.15) is 76.7 Å². The van der Waals surface area contributed by atoms with Crippen LogP contribution in [-0.2, 0) is 6.54 Å². The molecule has 0 aliphatic rings. The second-order valence-electron chi connectivity index (χ2n) is 7.49. The summed E-state index contributed by atoms with van der Waals surface area (Å²) in [4.78, 5) is 0. The Morgan fingerprint density at radius 2 is 1.12 bits per heavy atom. The number of unbranched alkanes of at least 4 members (excludes halogenated alkanes) is 9. The number of nitrogens with zero attached hydrogens (tertiary/aromatic N) is 1. The molecule has 25 heavy (non-hydrogen) atoms. The molecule has 0 aliphatic carbocycles. The van der Waals surface area contributed by atoms with Gasteiger partial charge in [-0.2, -0.15) is 0 Å². The molecule has 0 unspecified atom stereocenters. The van der Waals surface area contributed by atoms with Gasteiger partial charge in [0.05, 0.1) is 20.6 Å². The molecule has 1 aromatic carbocycles. The van der Waals surface area contributed by atoms with Crippen LogP contribution < -0.4 is 12.4 Å². The summed E-state index contributed by atoms with van der Waals surface area (Å²) in [5.74, 6) is 0. The number of halogens is 1. The first-order valence-corrected chi connectivity index (χ1v) is 9.50. The lowest BCUT2D eigenvalue weighted by Gasteiger charge is -2.30. The second-order valence-corrected chi connectivity index (χ2v) is 7.49. The van der Waals surface area contributed by atoms with Crippen LogP contribution in [0.15, 0.2) is 30.3 Å². The Kier molecular flexibility index (Phi) is 21.2. The fourth-order valence-corrected chi connectivity index (χ4v) is 3.18. The summed E-state index contributed by atoms with van der Waals surface area (Å²) in [5, 5.41) is 0. The first-order chi connectivity index (χ1) is 10.6. The lowest BCUT2D eigenvalue weighted by Crippen LogP contribution is -3.00. The number of quaternary nitrogens is 1. The summed E-state index contributed by atoms with van der Waals surface area (Å²) in [7, 11) is 4.72. The molecule has 0 aromatic heterocycles. The molecule has 0 saturated heterocycles. The molecule has 0 aliphatic heterocycles. The van der Waals surface area contributed by atoms with Gasteiger partial charge in [-0.3, -0.25) is 0 Å². The summed E-state index contributed by atoms with van der Waals surface area (Å²) in [6.45, 7) is 4.74. The Morgan fingerprint density at radius 1 is 0.680 bits per heavy atom. The molecule has 0 bridgehead atoms. The Balaban J connectivity index is -0.00000161. The van der Waals surface area contributed by atoms with Crippen molar-refractivity contribution in [3.8, 4) is 0 Å². The van der Waals surface area contributed by atoms with E-state index in [-0.39, 0.29) is 23.4 Å². The van der Waals surface area contributed by atoms with Crippen molar-refractivity contribution in [3.63, 3.8) is 0 Å². The van der Waals surface area contributed by atoms with Gasteiger partial charge >= 0.3 is 0 Å². The first kappa shape index (κ1) is 29.2. The van der Waals surface area contributed by atoms with Crippen molar-refractivity contribution in [1.29, 1.82) is 0 Å². The fourth-order valence-electron chi connectivity index (χ4n) is 3.18. The van der Waals surface area contributed by atoms with Crippen molar-refractivity contribution < 1.29 is 27.8 Å². The van der Waals surface area contributed by atoms with Crippen molar-refractivity contribution in [2.45, 2.75) is 77.7 Å². The average Bonchev–Trinajstić information content (AvgIpc) is 2.49. The van der Waals surface area contributed by atoms with E-state index in [4.69, 9.17) is 0 Å². The van der Waals surface area contributed by atoms with Crippen molar-refractivity contribution in [2.24, 2.45) is 0 Å². The summed E-state index contributed by atoms with van der Waals surface area (Å²) in [5.41, 5.74) is 1.46. The van der Waals surface area contributed by atoms with Gasteiger partial charge in [-0.15, -0.1) is 0 Å². The standard InChI is InChI=1S/C21H38N.ClH.2H2O/c1-4-5-6-7-8-9-10-11-12-16-19-22(2,3)20-21-17-14-13-15-18-21;;;/h13-15,17-18H,4-12,16,19-20H2,1-3H3;1H;2*1H2/q+1;;;/p-1. The van der Waals surface area contributed by atoms with Gasteiger partial charge in [0, 0.05) is 5.56 Å². The Morgan fingerprint density at radius 3 is 1.60 bits per heavy atom. The molecule has 1 aromatic rings. The molecule has 3 nitrogen and oxygen atoms in total. The van der Waals surface area contributed by atoms with E-state index in [1.54, 1.807) is 0 Å². The van der Waals surface area contributed by atoms with Crippen LogP contribution in [0, 0.1) is 0 Å². The maximum absolute atomic E-state index is 2.36. The molecule has 4 N–H and O–H groups in total. The van der Waals surface area contributed by atoms with Gasteiger partial charge in [0.15, 0.2) is 0 Å². The van der Waals surface area contributed by atoms with Gasteiger partial charge in [0.25, 0.3) is 0 Å². The summed E-state index contributed by atoms with van der Waals surface area (Å²) in [6, 6.07) is 10.9. The molecular weight excluding hydrogens is 334 g/mol. The molecular formula is C21H42ClNO2. The zero-order valence-corrected chi connectivity index (χ0v) is 17.5. The Hall–Kier alpha value is -0.610. The highest BCUT2D eigenvalue weighted by Gasteiger charge is 2.14. The maximum Gasteiger partial charge on any atom is 0.104 e. The molecule has 0 spiro atoms. The molecule has 1 rings (SSSR count). The third-order valence-corrected chi connectivity index (χ3v) is 4.57. The van der Waals surface area contributed by atoms with E-state index in [1.807, 2.05) is 0 Å². The van der Waals surface area contributed by atoms with Gasteiger partial charge < -0.3 is 27.8 Å². The number of rotatable bonds is 13. The molecule has 150 valence electrons. The van der Waals surface area contributed by atoms with Crippen molar-refractivity contribution in [1.82, 2.24) is 0 Å². The third kappa shape index (κ3) is 16.6. The molecule has 0 amide bonds. The lowest BCUT2D eigenvalue weighted by molar-refractivity contribution is -0.903. The zero-order valence-electron chi connectivity index (χ0n) is 16.7. The molecule has 0 fully saturated rings. The largest absolute Gasteiger partial charge is 1.00 e. The topological polar surface area (TPSA) is 63.0 Å². The van der Waals surface area contributed by atoms with E-state index in [2.05, 4.69) is 51.4 Å².